The number of hydrogen-bond donors (Lipinski definition) is 0. The number of fused-ring (bicyclic) bond motifs is 1. The van der Waals surface area contributed by atoms with E-state index in [1.54, 1.807) is 30.3 Å². The lowest BCUT2D eigenvalue weighted by atomic mass is 10.1. The number of hydrogen-bond acceptors (Lipinski definition) is 0. The van der Waals surface area contributed by atoms with Gasteiger partial charge in [0, 0.05) is 17.9 Å². The Hall–Kier alpha value is -0.740. The van der Waals surface area contributed by atoms with Crippen LogP contribution in [0.4, 0.5) is 13.2 Å². The van der Waals surface area contributed by atoms with Crippen LogP contribution in [0.5, 0.6) is 0 Å². The van der Waals surface area contributed by atoms with Gasteiger partial charge in [-0.05, 0) is 18.6 Å². The molecule has 1 aromatic heterocycles. The van der Waals surface area contributed by atoms with Crippen LogP contribution in [0.1, 0.15) is 31.1 Å². The number of aryl methyl sites for hydroxylation is 1. The summed E-state index contributed by atoms with van der Waals surface area (Å²) >= 11 is 0. The van der Waals surface area contributed by atoms with Gasteiger partial charge in [0.2, 0.25) is 0 Å². The van der Waals surface area contributed by atoms with Crippen LogP contribution in [0.2, 0.25) is 0 Å². The highest BCUT2D eigenvalue weighted by molar-refractivity contribution is 7.38. The van der Waals surface area contributed by atoms with E-state index in [2.05, 4.69) is 6.92 Å². The Morgan fingerprint density at radius 1 is 1.11 bits per heavy atom. The zero-order chi connectivity index (χ0) is 13.2. The maximum absolute atomic E-state index is 13.2. The van der Waals surface area contributed by atoms with Crippen molar-refractivity contribution in [1.82, 2.24) is 0 Å². The molecule has 0 fully saturated rings. The van der Waals surface area contributed by atoms with E-state index in [1.807, 2.05) is 0 Å². The van der Waals surface area contributed by atoms with Crippen molar-refractivity contribution in [3.63, 3.8) is 0 Å². The Kier molecular flexibility index (Phi) is 5.68. The van der Waals surface area contributed by atoms with Crippen LogP contribution in [0.15, 0.2) is 30.3 Å². The molecule has 0 aliphatic carbocycles. The lowest BCUT2D eigenvalue weighted by molar-refractivity contribution is -0.0867. The van der Waals surface area contributed by atoms with Gasteiger partial charge in [0.25, 0.3) is 0 Å². The minimum atomic E-state index is -4.15. The highest BCUT2D eigenvalue weighted by Gasteiger charge is 2.47. The van der Waals surface area contributed by atoms with Gasteiger partial charge < -0.3 is 12.4 Å². The molecule has 0 saturated heterocycles. The molecule has 19 heavy (non-hydrogen) atoms. The molecule has 0 N–H and O–H groups in total. The largest absolute Gasteiger partial charge is 1.00 e. The summed E-state index contributed by atoms with van der Waals surface area (Å²) in [4.78, 5) is 0.553. The molecule has 5 heteroatoms. The average Bonchev–Trinajstić information content (AvgIpc) is 2.67. The molecular formula is C14H16ClF3S. The number of thiophene rings is 1. The van der Waals surface area contributed by atoms with Crippen molar-refractivity contribution >= 4 is 20.6 Å². The Bertz CT molecular complexity index is 531. The van der Waals surface area contributed by atoms with Gasteiger partial charge in [-0.25, -0.2) is 0 Å². The first-order valence-electron chi connectivity index (χ1n) is 6.14. The van der Waals surface area contributed by atoms with Crippen molar-refractivity contribution in [2.75, 3.05) is 0 Å². The molecule has 0 aliphatic heterocycles. The second-order valence-corrected chi connectivity index (χ2v) is 6.40. The first-order valence-corrected chi connectivity index (χ1v) is 7.37. The smallest absolute Gasteiger partial charge is 0.600 e. The Balaban J connectivity index is 0.00000180. The molecule has 2 rings (SSSR count). The fourth-order valence-corrected chi connectivity index (χ4v) is 4.16. The molecule has 1 heterocycles. The topological polar surface area (TPSA) is 0 Å². The SMILES string of the molecule is CCCCCc1cc2ccccc2[s+]1C(F)(F)F.[Cl-]. The number of rotatable bonds is 4. The molecule has 0 bridgehead atoms. The molecule has 2 aromatic rings. The van der Waals surface area contributed by atoms with Gasteiger partial charge in [0.05, 0.1) is 10.5 Å². The van der Waals surface area contributed by atoms with Gasteiger partial charge in [-0.1, -0.05) is 31.9 Å². The fourth-order valence-electron chi connectivity index (χ4n) is 2.16. The highest BCUT2D eigenvalue weighted by atomic mass is 35.5. The fraction of sp³-hybridized carbons (Fsp3) is 0.429. The molecule has 0 spiro atoms. The Morgan fingerprint density at radius 2 is 1.79 bits per heavy atom. The highest BCUT2D eigenvalue weighted by Crippen LogP contribution is 2.51. The Morgan fingerprint density at radius 3 is 2.42 bits per heavy atom. The van der Waals surface area contributed by atoms with Crippen LogP contribution < -0.4 is 12.4 Å². The van der Waals surface area contributed by atoms with Gasteiger partial charge in [-0.2, -0.15) is 0 Å². The van der Waals surface area contributed by atoms with Crippen LogP contribution in [0, 0.1) is 0 Å². The third-order valence-corrected chi connectivity index (χ3v) is 5.10. The summed E-state index contributed by atoms with van der Waals surface area (Å²) in [5.74, 6) is 0. The summed E-state index contributed by atoms with van der Waals surface area (Å²) < 4.78 is 40.0. The second kappa shape index (κ2) is 6.62. The van der Waals surface area contributed by atoms with E-state index < -0.39 is 16.0 Å². The normalized spacial score (nSPS) is 12.5. The summed E-state index contributed by atoms with van der Waals surface area (Å²) in [6, 6.07) is 8.60. The summed E-state index contributed by atoms with van der Waals surface area (Å²) in [5.41, 5.74) is -4.15. The molecule has 0 amide bonds. The Labute approximate surface area is 120 Å². The summed E-state index contributed by atoms with van der Waals surface area (Å²) in [5, 5.41) is 0.740. The molecule has 106 valence electrons. The van der Waals surface area contributed by atoms with Crippen LogP contribution >= 0.6 is 10.5 Å². The van der Waals surface area contributed by atoms with Gasteiger partial charge in [0.15, 0.2) is 9.58 Å². The predicted octanol–water partition coefficient (Wildman–Crippen LogP) is 2.80. The van der Waals surface area contributed by atoms with Crippen molar-refractivity contribution in [2.45, 2.75) is 38.1 Å². The molecule has 1 atom stereocenters. The molecule has 0 nitrogen and oxygen atoms in total. The molecule has 0 radical (unpaired) electrons. The zero-order valence-electron chi connectivity index (χ0n) is 10.6. The van der Waals surface area contributed by atoms with Gasteiger partial charge in [-0.3, -0.25) is 0 Å². The third kappa shape index (κ3) is 3.63. The average molecular weight is 309 g/mol. The second-order valence-electron chi connectivity index (χ2n) is 4.36. The van der Waals surface area contributed by atoms with Crippen molar-refractivity contribution < 1.29 is 25.6 Å². The minimum Gasteiger partial charge on any atom is -1.00 e. The van der Waals surface area contributed by atoms with E-state index in [1.165, 1.54) is 0 Å². The molecule has 1 aromatic carbocycles. The molecule has 1 unspecified atom stereocenters. The van der Waals surface area contributed by atoms with E-state index in [-0.39, 0.29) is 12.4 Å². The quantitative estimate of drug-likeness (QED) is 0.602. The van der Waals surface area contributed by atoms with Crippen molar-refractivity contribution in [3.05, 3.63) is 35.2 Å². The van der Waals surface area contributed by atoms with E-state index in [0.717, 1.165) is 24.6 Å². The maximum atomic E-state index is 13.2. The zero-order valence-corrected chi connectivity index (χ0v) is 12.2. The van der Waals surface area contributed by atoms with Gasteiger partial charge >= 0.3 is 5.51 Å². The minimum absolute atomic E-state index is 0. The molecule has 0 saturated carbocycles. The first kappa shape index (κ1) is 16.3. The monoisotopic (exact) mass is 308 g/mol. The summed E-state index contributed by atoms with van der Waals surface area (Å²) in [7, 11) is -1.70. The number of benzene rings is 1. The van der Waals surface area contributed by atoms with Crippen LogP contribution in [0.3, 0.4) is 0 Å². The first-order chi connectivity index (χ1) is 8.54. The van der Waals surface area contributed by atoms with Crippen LogP contribution in [-0.2, 0) is 11.9 Å². The van der Waals surface area contributed by atoms with E-state index >= 15 is 0 Å². The molecular weight excluding hydrogens is 293 g/mol. The number of alkyl halides is 3. The van der Waals surface area contributed by atoms with Gasteiger partial charge in [0.1, 0.15) is 0 Å². The predicted molar refractivity (Wildman–Crippen MR) is 71.0 cm³/mol. The number of unbranched alkanes of at least 4 members (excludes halogenated alkanes) is 2. The molecule has 0 aliphatic rings. The maximum Gasteiger partial charge on any atom is 0.600 e. The third-order valence-electron chi connectivity index (χ3n) is 2.98. The lowest BCUT2D eigenvalue weighted by Crippen LogP contribution is -3.00. The van der Waals surface area contributed by atoms with E-state index in [4.69, 9.17) is 0 Å². The lowest BCUT2D eigenvalue weighted by Gasteiger charge is -2.00. The number of halogens is 4. The van der Waals surface area contributed by atoms with Crippen LogP contribution in [-0.4, -0.2) is 0 Å². The van der Waals surface area contributed by atoms with Crippen molar-refractivity contribution in [1.29, 1.82) is 0 Å². The van der Waals surface area contributed by atoms with E-state index in [0.29, 0.717) is 16.0 Å². The van der Waals surface area contributed by atoms with Gasteiger partial charge in [-0.15, -0.1) is 13.2 Å². The summed E-state index contributed by atoms with van der Waals surface area (Å²) in [6.07, 6.45) is 3.42. The standard InChI is InChI=1S/C14H16F3S.ClH/c1-2-3-4-8-12-10-11-7-5-6-9-13(11)18(12)14(15,16)17;/h5-7,9-10H,2-4,8H2,1H3;1H/q+1;/p-1. The van der Waals surface area contributed by atoms with Crippen LogP contribution in [0.25, 0.3) is 10.1 Å². The van der Waals surface area contributed by atoms with Crippen molar-refractivity contribution in [3.8, 4) is 0 Å². The summed E-state index contributed by atoms with van der Waals surface area (Å²) in [6.45, 7) is 2.06. The van der Waals surface area contributed by atoms with Crippen molar-refractivity contribution in [2.24, 2.45) is 0 Å². The van der Waals surface area contributed by atoms with E-state index in [9.17, 15) is 13.2 Å².